The van der Waals surface area contributed by atoms with E-state index in [-0.39, 0.29) is 0 Å². The number of aromatic nitrogens is 2. The Morgan fingerprint density at radius 2 is 2.00 bits per heavy atom. The lowest BCUT2D eigenvalue weighted by Gasteiger charge is -2.20. The molecule has 0 aliphatic carbocycles. The van der Waals surface area contributed by atoms with Gasteiger partial charge in [0.25, 0.3) is 0 Å². The molecule has 0 fully saturated rings. The van der Waals surface area contributed by atoms with E-state index in [1.807, 2.05) is 0 Å². The van der Waals surface area contributed by atoms with Gasteiger partial charge in [-0.05, 0) is 40.3 Å². The molecular weight excluding hydrogens is 236 g/mol. The maximum absolute atomic E-state index is 5.88. The molecule has 1 aromatic heterocycles. The Morgan fingerprint density at radius 1 is 1.29 bits per heavy atom. The first-order valence-corrected chi connectivity index (χ1v) is 6.39. The first kappa shape index (κ1) is 14.2. The van der Waals surface area contributed by atoms with Crippen molar-refractivity contribution in [1.29, 1.82) is 0 Å². The Labute approximate surface area is 108 Å². The molecule has 0 bridgehead atoms. The van der Waals surface area contributed by atoms with Crippen LogP contribution in [0, 0.1) is 0 Å². The van der Waals surface area contributed by atoms with Crippen molar-refractivity contribution in [2.75, 3.05) is 25.5 Å². The molecule has 0 spiro atoms. The lowest BCUT2D eigenvalue weighted by atomic mass is 10.2. The van der Waals surface area contributed by atoms with Gasteiger partial charge in [0.15, 0.2) is 11.0 Å². The van der Waals surface area contributed by atoms with Crippen LogP contribution in [0.2, 0.25) is 5.15 Å². The molecule has 0 aromatic carbocycles. The quantitative estimate of drug-likeness (QED) is 0.762. The zero-order valence-corrected chi connectivity index (χ0v) is 11.5. The monoisotopic (exact) mass is 256 g/mol. The van der Waals surface area contributed by atoms with E-state index < -0.39 is 0 Å². The molecule has 17 heavy (non-hydrogen) atoms. The minimum atomic E-state index is 0.437. The summed E-state index contributed by atoms with van der Waals surface area (Å²) in [5, 5.41) is 3.63. The fourth-order valence-electron chi connectivity index (χ4n) is 1.39. The van der Waals surface area contributed by atoms with Gasteiger partial charge < -0.3 is 10.2 Å². The fourth-order valence-corrected chi connectivity index (χ4v) is 1.56. The van der Waals surface area contributed by atoms with Gasteiger partial charge in [0.2, 0.25) is 0 Å². The number of nitrogens with one attached hydrogen (secondary N) is 1. The summed E-state index contributed by atoms with van der Waals surface area (Å²) in [4.78, 5) is 10.4. The Morgan fingerprint density at radius 3 is 2.65 bits per heavy atom. The first-order chi connectivity index (χ1) is 8.11. The number of rotatable bonds is 7. The predicted octanol–water partition coefficient (Wildman–Crippen LogP) is 2.66. The van der Waals surface area contributed by atoms with E-state index in [1.54, 1.807) is 12.4 Å². The van der Waals surface area contributed by atoms with Crippen LogP contribution in [0.5, 0.6) is 0 Å². The standard InChI is InChI=1S/C12H21ClN4/c1-10(2)17(3)9-5-4-6-15-12-11(13)14-7-8-16-12/h7-8,10H,4-6,9H2,1-3H3,(H,15,16). The normalized spacial score (nSPS) is 11.2. The van der Waals surface area contributed by atoms with E-state index in [4.69, 9.17) is 11.6 Å². The number of halogens is 1. The number of unbranched alkanes of at least 4 members (excludes halogenated alkanes) is 1. The number of hydrogen-bond donors (Lipinski definition) is 1. The zero-order valence-electron chi connectivity index (χ0n) is 10.8. The fraction of sp³-hybridized carbons (Fsp3) is 0.667. The molecule has 0 radical (unpaired) electrons. The van der Waals surface area contributed by atoms with E-state index in [1.165, 1.54) is 6.42 Å². The molecule has 1 aromatic rings. The van der Waals surface area contributed by atoms with Crippen LogP contribution in [0.25, 0.3) is 0 Å². The minimum Gasteiger partial charge on any atom is -0.368 e. The largest absolute Gasteiger partial charge is 0.368 e. The molecule has 96 valence electrons. The van der Waals surface area contributed by atoms with Gasteiger partial charge in [-0.25, -0.2) is 9.97 Å². The molecule has 1 heterocycles. The summed E-state index contributed by atoms with van der Waals surface area (Å²) >= 11 is 5.88. The predicted molar refractivity (Wildman–Crippen MR) is 72.5 cm³/mol. The third kappa shape index (κ3) is 5.33. The first-order valence-electron chi connectivity index (χ1n) is 6.02. The lowest BCUT2D eigenvalue weighted by Crippen LogP contribution is -2.27. The summed E-state index contributed by atoms with van der Waals surface area (Å²) in [6, 6.07) is 0.609. The van der Waals surface area contributed by atoms with Gasteiger partial charge in [-0.3, -0.25) is 0 Å². The summed E-state index contributed by atoms with van der Waals surface area (Å²) in [6.45, 7) is 6.41. The van der Waals surface area contributed by atoms with Gasteiger partial charge >= 0.3 is 0 Å². The summed E-state index contributed by atoms with van der Waals surface area (Å²) in [7, 11) is 2.15. The maximum Gasteiger partial charge on any atom is 0.171 e. The molecule has 0 aliphatic rings. The topological polar surface area (TPSA) is 41.0 Å². The van der Waals surface area contributed by atoms with E-state index in [0.29, 0.717) is 17.0 Å². The Balaban J connectivity index is 2.15. The highest BCUT2D eigenvalue weighted by molar-refractivity contribution is 6.31. The van der Waals surface area contributed by atoms with Crippen molar-refractivity contribution >= 4 is 17.4 Å². The van der Waals surface area contributed by atoms with Crippen LogP contribution < -0.4 is 5.32 Å². The van der Waals surface area contributed by atoms with Gasteiger partial charge in [0.1, 0.15) is 0 Å². The van der Waals surface area contributed by atoms with Crippen molar-refractivity contribution in [3.05, 3.63) is 17.5 Å². The molecule has 0 saturated heterocycles. The van der Waals surface area contributed by atoms with Crippen molar-refractivity contribution in [3.63, 3.8) is 0 Å². The molecular formula is C12H21ClN4. The molecule has 0 amide bonds. The third-order valence-corrected chi connectivity index (χ3v) is 3.04. The average molecular weight is 257 g/mol. The van der Waals surface area contributed by atoms with Crippen LogP contribution in [0.1, 0.15) is 26.7 Å². The second-order valence-corrected chi connectivity index (χ2v) is 4.76. The number of hydrogen-bond acceptors (Lipinski definition) is 4. The Kier molecular flexibility index (Phi) is 6.22. The van der Waals surface area contributed by atoms with Crippen LogP contribution >= 0.6 is 11.6 Å². The van der Waals surface area contributed by atoms with Crippen LogP contribution in [-0.2, 0) is 0 Å². The van der Waals surface area contributed by atoms with E-state index >= 15 is 0 Å². The summed E-state index contributed by atoms with van der Waals surface area (Å²) < 4.78 is 0. The molecule has 0 atom stereocenters. The zero-order chi connectivity index (χ0) is 12.7. The van der Waals surface area contributed by atoms with Crippen LogP contribution in [-0.4, -0.2) is 41.0 Å². The van der Waals surface area contributed by atoms with Crippen LogP contribution in [0.4, 0.5) is 5.82 Å². The average Bonchev–Trinajstić information content (AvgIpc) is 2.30. The Hall–Kier alpha value is -0.870. The maximum atomic E-state index is 5.88. The summed E-state index contributed by atoms with van der Waals surface area (Å²) in [5.41, 5.74) is 0. The minimum absolute atomic E-state index is 0.437. The van der Waals surface area contributed by atoms with Crippen LogP contribution in [0.15, 0.2) is 12.4 Å². The van der Waals surface area contributed by atoms with Crippen molar-refractivity contribution in [3.8, 4) is 0 Å². The second-order valence-electron chi connectivity index (χ2n) is 4.40. The van der Waals surface area contributed by atoms with Crippen molar-refractivity contribution in [2.45, 2.75) is 32.7 Å². The van der Waals surface area contributed by atoms with Crippen molar-refractivity contribution in [2.24, 2.45) is 0 Å². The van der Waals surface area contributed by atoms with Gasteiger partial charge in [0, 0.05) is 25.0 Å². The van der Waals surface area contributed by atoms with E-state index in [2.05, 4.69) is 41.1 Å². The van der Waals surface area contributed by atoms with Crippen molar-refractivity contribution in [1.82, 2.24) is 14.9 Å². The number of anilines is 1. The van der Waals surface area contributed by atoms with Crippen molar-refractivity contribution < 1.29 is 0 Å². The molecule has 0 saturated carbocycles. The third-order valence-electron chi connectivity index (χ3n) is 2.77. The highest BCUT2D eigenvalue weighted by Crippen LogP contribution is 2.13. The molecule has 0 aliphatic heterocycles. The lowest BCUT2D eigenvalue weighted by molar-refractivity contribution is 0.269. The molecule has 5 heteroatoms. The van der Waals surface area contributed by atoms with E-state index in [9.17, 15) is 0 Å². The SMILES string of the molecule is CC(C)N(C)CCCCNc1nccnc1Cl. The van der Waals surface area contributed by atoms with Gasteiger partial charge in [-0.1, -0.05) is 11.6 Å². The summed E-state index contributed by atoms with van der Waals surface area (Å²) in [5.74, 6) is 0.673. The highest BCUT2D eigenvalue weighted by Gasteiger charge is 2.03. The molecule has 4 nitrogen and oxygen atoms in total. The van der Waals surface area contributed by atoms with Gasteiger partial charge in [-0.15, -0.1) is 0 Å². The molecule has 0 unspecified atom stereocenters. The van der Waals surface area contributed by atoms with E-state index in [0.717, 1.165) is 19.5 Å². The van der Waals surface area contributed by atoms with Crippen LogP contribution in [0.3, 0.4) is 0 Å². The molecule has 1 rings (SSSR count). The summed E-state index contributed by atoms with van der Waals surface area (Å²) in [6.07, 6.45) is 5.50. The Bertz CT molecular complexity index is 330. The van der Waals surface area contributed by atoms with Gasteiger partial charge in [-0.2, -0.15) is 0 Å². The molecule has 1 N–H and O–H groups in total. The second kappa shape index (κ2) is 7.45. The van der Waals surface area contributed by atoms with Gasteiger partial charge in [0.05, 0.1) is 0 Å². The smallest absolute Gasteiger partial charge is 0.171 e. The highest BCUT2D eigenvalue weighted by atomic mass is 35.5. The number of nitrogens with zero attached hydrogens (tertiary/aromatic N) is 3.